The van der Waals surface area contributed by atoms with Crippen molar-refractivity contribution in [3.05, 3.63) is 53.6 Å². The van der Waals surface area contributed by atoms with E-state index in [2.05, 4.69) is 15.5 Å². The fraction of sp³-hybridized carbons (Fsp3) is 0.286. The molecular weight excluding hydrogens is 458 g/mol. The van der Waals surface area contributed by atoms with Gasteiger partial charge in [-0.25, -0.2) is 8.42 Å². The summed E-state index contributed by atoms with van der Waals surface area (Å²) in [6, 6.07) is 13.8. The number of sulfone groups is 1. The maximum Gasteiger partial charge on any atom is 0.322 e. The minimum atomic E-state index is -3.35. The monoisotopic (exact) mass is 479 g/mol. The Morgan fingerprint density at radius 3 is 2.42 bits per heavy atom. The second-order valence-electron chi connectivity index (χ2n) is 6.98. The molecule has 0 aliphatic carbocycles. The number of halogens is 1. The van der Waals surface area contributed by atoms with Gasteiger partial charge in [-0.05, 0) is 74.6 Å². The second-order valence-corrected chi connectivity index (χ2v) is 11.1. The molecule has 0 aliphatic heterocycles. The van der Waals surface area contributed by atoms with Crippen molar-refractivity contribution < 1.29 is 17.6 Å². The minimum absolute atomic E-state index is 0.00392. The average Bonchev–Trinajstić information content (AvgIpc) is 3.21. The third-order valence-electron chi connectivity index (χ3n) is 4.35. The fourth-order valence-corrected chi connectivity index (χ4v) is 4.62. The van der Waals surface area contributed by atoms with Gasteiger partial charge in [0.05, 0.1) is 10.1 Å². The molecule has 0 radical (unpaired) electrons. The zero-order chi connectivity index (χ0) is 22.4. The van der Waals surface area contributed by atoms with Crippen molar-refractivity contribution in [3.63, 3.8) is 0 Å². The number of rotatable bonds is 9. The zero-order valence-corrected chi connectivity index (χ0v) is 19.4. The molecule has 1 heterocycles. The van der Waals surface area contributed by atoms with Crippen molar-refractivity contribution in [3.8, 4) is 11.5 Å². The van der Waals surface area contributed by atoms with Gasteiger partial charge in [-0.15, -0.1) is 16.9 Å². The van der Waals surface area contributed by atoms with E-state index in [0.717, 1.165) is 10.6 Å². The fourth-order valence-electron chi connectivity index (χ4n) is 2.59. The molecule has 164 valence electrons. The van der Waals surface area contributed by atoms with Crippen LogP contribution in [0.4, 0.5) is 6.01 Å². The predicted molar refractivity (Wildman–Crippen MR) is 122 cm³/mol. The van der Waals surface area contributed by atoms with Crippen LogP contribution in [-0.4, -0.2) is 35.5 Å². The summed E-state index contributed by atoms with van der Waals surface area (Å²) in [5, 5.41) is 10.5. The summed E-state index contributed by atoms with van der Waals surface area (Å²) in [6.07, 6.45) is 1.01. The Kier molecular flexibility index (Phi) is 7.74. The van der Waals surface area contributed by atoms with Crippen molar-refractivity contribution in [2.24, 2.45) is 0 Å². The Morgan fingerprint density at radius 1 is 1.10 bits per heavy atom. The quantitative estimate of drug-likeness (QED) is 0.337. The summed E-state index contributed by atoms with van der Waals surface area (Å²) >= 11 is 7.51. The van der Waals surface area contributed by atoms with Crippen LogP contribution in [0.5, 0.6) is 0 Å². The van der Waals surface area contributed by atoms with Crippen molar-refractivity contribution in [2.75, 3.05) is 11.1 Å². The van der Waals surface area contributed by atoms with Crippen LogP contribution in [-0.2, 0) is 14.6 Å². The molecule has 0 saturated carbocycles. The van der Waals surface area contributed by atoms with E-state index in [1.807, 2.05) is 24.3 Å². The maximum absolute atomic E-state index is 12.2. The van der Waals surface area contributed by atoms with E-state index in [-0.39, 0.29) is 22.7 Å². The molecule has 0 unspecified atom stereocenters. The van der Waals surface area contributed by atoms with Gasteiger partial charge in [0.25, 0.3) is 0 Å². The van der Waals surface area contributed by atoms with Gasteiger partial charge in [-0.3, -0.25) is 10.1 Å². The van der Waals surface area contributed by atoms with Gasteiger partial charge in [-0.2, -0.15) is 0 Å². The lowest BCUT2D eigenvalue weighted by molar-refractivity contribution is -0.116. The van der Waals surface area contributed by atoms with Crippen LogP contribution in [0.2, 0.25) is 5.02 Å². The standard InChI is InChI=1S/C21H22ClN3O4S2/c1-14(2)31(27,28)18-11-5-15(6-12-18)20-24-25-21(29-20)23-19(26)4-3-13-30-17-9-7-16(22)8-10-17/h5-12,14H,3-4,13H2,1-2H3,(H,23,25,26). The average molecular weight is 480 g/mol. The Hall–Kier alpha value is -2.36. The smallest absolute Gasteiger partial charge is 0.322 e. The number of aromatic nitrogens is 2. The van der Waals surface area contributed by atoms with Crippen LogP contribution in [0.25, 0.3) is 11.5 Å². The third-order valence-corrected chi connectivity index (χ3v) is 7.87. The van der Waals surface area contributed by atoms with Gasteiger partial charge in [0.1, 0.15) is 0 Å². The van der Waals surface area contributed by atoms with Crippen LogP contribution in [0.15, 0.2) is 62.7 Å². The zero-order valence-electron chi connectivity index (χ0n) is 17.0. The van der Waals surface area contributed by atoms with Gasteiger partial charge in [0.2, 0.25) is 11.8 Å². The lowest BCUT2D eigenvalue weighted by Gasteiger charge is -2.07. The first-order valence-corrected chi connectivity index (χ1v) is 12.5. The predicted octanol–water partition coefficient (Wildman–Crippen LogP) is 5.08. The van der Waals surface area contributed by atoms with Gasteiger partial charge in [0.15, 0.2) is 9.84 Å². The normalized spacial score (nSPS) is 11.6. The van der Waals surface area contributed by atoms with Crippen molar-refractivity contribution in [2.45, 2.75) is 41.7 Å². The lowest BCUT2D eigenvalue weighted by atomic mass is 10.2. The van der Waals surface area contributed by atoms with Crippen LogP contribution >= 0.6 is 23.4 Å². The highest BCUT2D eigenvalue weighted by Crippen LogP contribution is 2.24. The highest BCUT2D eigenvalue weighted by atomic mass is 35.5. The largest absolute Gasteiger partial charge is 0.403 e. The summed E-state index contributed by atoms with van der Waals surface area (Å²) < 4.78 is 29.9. The second kappa shape index (κ2) is 10.3. The third kappa shape index (κ3) is 6.32. The van der Waals surface area contributed by atoms with Gasteiger partial charge in [-0.1, -0.05) is 16.7 Å². The number of carbonyl (C=O) groups is 1. The first kappa shape index (κ1) is 23.3. The van der Waals surface area contributed by atoms with E-state index in [0.29, 0.717) is 23.4 Å². The van der Waals surface area contributed by atoms with Crippen LogP contribution in [0.1, 0.15) is 26.7 Å². The first-order chi connectivity index (χ1) is 14.8. The van der Waals surface area contributed by atoms with Crippen LogP contribution in [0, 0.1) is 0 Å². The molecule has 7 nitrogen and oxygen atoms in total. The Balaban J connectivity index is 1.50. The van der Waals surface area contributed by atoms with Gasteiger partial charge >= 0.3 is 6.01 Å². The number of nitrogens with one attached hydrogen (secondary N) is 1. The SMILES string of the molecule is CC(C)S(=O)(=O)c1ccc(-c2nnc(NC(=O)CCCSc3ccc(Cl)cc3)o2)cc1. The van der Waals surface area contributed by atoms with E-state index in [4.69, 9.17) is 16.0 Å². The number of anilines is 1. The topological polar surface area (TPSA) is 102 Å². The summed E-state index contributed by atoms with van der Waals surface area (Å²) in [5.41, 5.74) is 0.565. The molecule has 0 saturated heterocycles. The van der Waals surface area contributed by atoms with E-state index in [1.165, 1.54) is 12.1 Å². The van der Waals surface area contributed by atoms with E-state index < -0.39 is 15.1 Å². The van der Waals surface area contributed by atoms with Gasteiger partial charge < -0.3 is 4.42 Å². The highest BCUT2D eigenvalue weighted by Gasteiger charge is 2.19. The Bertz CT molecular complexity index is 1130. The van der Waals surface area contributed by atoms with Gasteiger partial charge in [0, 0.05) is 21.9 Å². The van der Waals surface area contributed by atoms with Crippen LogP contribution < -0.4 is 5.32 Å². The molecule has 0 aliphatic rings. The number of amides is 1. The Labute approximate surface area is 190 Å². The molecule has 0 bridgehead atoms. The molecule has 1 N–H and O–H groups in total. The summed E-state index contributed by atoms with van der Waals surface area (Å²) in [4.78, 5) is 13.4. The molecular formula is C21H22ClN3O4S2. The lowest BCUT2D eigenvalue weighted by Crippen LogP contribution is -2.13. The molecule has 0 atom stereocenters. The molecule has 1 aromatic heterocycles. The summed E-state index contributed by atoms with van der Waals surface area (Å²) in [7, 11) is -3.35. The number of hydrogen-bond donors (Lipinski definition) is 1. The maximum atomic E-state index is 12.2. The number of hydrogen-bond acceptors (Lipinski definition) is 7. The molecule has 10 heteroatoms. The minimum Gasteiger partial charge on any atom is -0.403 e. The van der Waals surface area contributed by atoms with E-state index >= 15 is 0 Å². The number of thioether (sulfide) groups is 1. The van der Waals surface area contributed by atoms with Crippen molar-refractivity contribution in [1.82, 2.24) is 10.2 Å². The highest BCUT2D eigenvalue weighted by molar-refractivity contribution is 7.99. The molecule has 31 heavy (non-hydrogen) atoms. The number of benzene rings is 2. The molecule has 3 rings (SSSR count). The molecule has 2 aromatic carbocycles. The summed E-state index contributed by atoms with van der Waals surface area (Å²) in [6.45, 7) is 3.26. The molecule has 0 fully saturated rings. The summed E-state index contributed by atoms with van der Waals surface area (Å²) in [5.74, 6) is 0.767. The molecule has 3 aromatic rings. The van der Waals surface area contributed by atoms with Crippen molar-refractivity contribution >= 4 is 45.1 Å². The molecule has 1 amide bonds. The van der Waals surface area contributed by atoms with E-state index in [9.17, 15) is 13.2 Å². The number of carbonyl (C=O) groups excluding carboxylic acids is 1. The first-order valence-electron chi connectivity index (χ1n) is 9.62. The van der Waals surface area contributed by atoms with Crippen molar-refractivity contribution in [1.29, 1.82) is 0 Å². The number of nitrogens with zero attached hydrogens (tertiary/aromatic N) is 2. The Morgan fingerprint density at radius 2 is 1.77 bits per heavy atom. The van der Waals surface area contributed by atoms with E-state index in [1.54, 1.807) is 37.7 Å². The van der Waals surface area contributed by atoms with Crippen LogP contribution in [0.3, 0.4) is 0 Å². The molecule has 0 spiro atoms.